The maximum absolute atomic E-state index is 12.3. The van der Waals surface area contributed by atoms with Gasteiger partial charge in [0.05, 0.1) is 5.56 Å². The van der Waals surface area contributed by atoms with Crippen molar-refractivity contribution in [3.63, 3.8) is 0 Å². The van der Waals surface area contributed by atoms with E-state index >= 15 is 0 Å². The fourth-order valence-electron chi connectivity index (χ4n) is 1.61. The quantitative estimate of drug-likeness (QED) is 0.882. The van der Waals surface area contributed by atoms with Crippen LogP contribution in [0.15, 0.2) is 22.9 Å². The van der Waals surface area contributed by atoms with Crippen LogP contribution in [0, 0.1) is 6.92 Å². The van der Waals surface area contributed by atoms with E-state index in [0.717, 1.165) is 0 Å². The lowest BCUT2D eigenvalue weighted by atomic mass is 10.2. The number of amides is 1. The highest BCUT2D eigenvalue weighted by Crippen LogP contribution is 2.09. The van der Waals surface area contributed by atoms with E-state index in [1.807, 2.05) is 6.92 Å². The Hall–Kier alpha value is -2.44. The Bertz CT molecular complexity index is 564. The zero-order valence-corrected chi connectivity index (χ0v) is 10.8. The predicted molar refractivity (Wildman–Crippen MR) is 68.1 cm³/mol. The lowest BCUT2D eigenvalue weighted by Gasteiger charge is -2.18. The molecule has 0 unspecified atom stereocenters. The minimum absolute atomic E-state index is 0.147. The highest BCUT2D eigenvalue weighted by molar-refractivity contribution is 5.94. The molecule has 1 amide bonds. The van der Waals surface area contributed by atoms with Crippen molar-refractivity contribution in [2.75, 3.05) is 12.3 Å². The van der Waals surface area contributed by atoms with Crippen LogP contribution < -0.4 is 5.73 Å². The van der Waals surface area contributed by atoms with Gasteiger partial charge in [-0.1, -0.05) is 5.16 Å². The predicted octanol–water partition coefficient (Wildman–Crippen LogP) is 1.02. The number of nitrogens with zero attached hydrogens (tertiary/aromatic N) is 4. The summed E-state index contributed by atoms with van der Waals surface area (Å²) >= 11 is 0. The van der Waals surface area contributed by atoms with Gasteiger partial charge in [0.2, 0.25) is 5.89 Å². The van der Waals surface area contributed by atoms with Gasteiger partial charge < -0.3 is 15.2 Å². The summed E-state index contributed by atoms with van der Waals surface area (Å²) in [5.74, 6) is 1.20. The summed E-state index contributed by atoms with van der Waals surface area (Å²) in [5, 5.41) is 3.69. The molecule has 100 valence electrons. The van der Waals surface area contributed by atoms with Crippen molar-refractivity contribution >= 4 is 11.7 Å². The number of carbonyl (C=O) groups excluding carboxylic acids is 1. The van der Waals surface area contributed by atoms with Crippen LogP contribution in [0.25, 0.3) is 0 Å². The summed E-state index contributed by atoms with van der Waals surface area (Å²) in [6.45, 7) is 4.42. The number of nitrogen functional groups attached to an aromatic ring is 1. The van der Waals surface area contributed by atoms with Gasteiger partial charge in [-0.15, -0.1) is 0 Å². The first-order chi connectivity index (χ1) is 9.10. The molecule has 2 heterocycles. The van der Waals surface area contributed by atoms with E-state index in [2.05, 4.69) is 15.1 Å². The van der Waals surface area contributed by atoms with Gasteiger partial charge in [0.25, 0.3) is 5.91 Å². The molecule has 2 aromatic heterocycles. The minimum atomic E-state index is -0.147. The number of aromatic nitrogens is 3. The van der Waals surface area contributed by atoms with Crippen LogP contribution in [-0.4, -0.2) is 32.5 Å². The van der Waals surface area contributed by atoms with Gasteiger partial charge in [-0.25, -0.2) is 4.98 Å². The molecule has 0 atom stereocenters. The molecule has 0 aromatic carbocycles. The zero-order chi connectivity index (χ0) is 13.8. The van der Waals surface area contributed by atoms with E-state index in [4.69, 9.17) is 10.3 Å². The second-order valence-corrected chi connectivity index (χ2v) is 4.03. The largest absolute Gasteiger partial charge is 0.384 e. The summed E-state index contributed by atoms with van der Waals surface area (Å²) in [6, 6.07) is 3.24. The number of rotatable bonds is 4. The Morgan fingerprint density at radius 3 is 2.79 bits per heavy atom. The fourth-order valence-corrected chi connectivity index (χ4v) is 1.61. The maximum atomic E-state index is 12.3. The van der Waals surface area contributed by atoms with Crippen molar-refractivity contribution in [2.45, 2.75) is 20.4 Å². The highest BCUT2D eigenvalue weighted by Gasteiger charge is 2.17. The minimum Gasteiger partial charge on any atom is -0.384 e. The third kappa shape index (κ3) is 3.06. The van der Waals surface area contributed by atoms with Gasteiger partial charge in [0.1, 0.15) is 12.4 Å². The first kappa shape index (κ1) is 13.0. The van der Waals surface area contributed by atoms with Gasteiger partial charge in [0, 0.05) is 12.7 Å². The molecule has 7 heteroatoms. The van der Waals surface area contributed by atoms with Crippen LogP contribution in [-0.2, 0) is 6.54 Å². The lowest BCUT2D eigenvalue weighted by molar-refractivity contribution is 0.0734. The van der Waals surface area contributed by atoms with E-state index < -0.39 is 0 Å². The summed E-state index contributed by atoms with van der Waals surface area (Å²) in [7, 11) is 0. The van der Waals surface area contributed by atoms with Gasteiger partial charge in [-0.2, -0.15) is 4.98 Å². The van der Waals surface area contributed by atoms with Crippen molar-refractivity contribution < 1.29 is 9.32 Å². The molecule has 2 aromatic rings. The van der Waals surface area contributed by atoms with Crippen molar-refractivity contribution in [1.29, 1.82) is 0 Å². The molecule has 19 heavy (non-hydrogen) atoms. The van der Waals surface area contributed by atoms with Crippen molar-refractivity contribution in [3.05, 3.63) is 35.6 Å². The molecule has 0 saturated carbocycles. The van der Waals surface area contributed by atoms with Gasteiger partial charge in [-0.3, -0.25) is 4.79 Å². The van der Waals surface area contributed by atoms with Crippen molar-refractivity contribution in [3.8, 4) is 0 Å². The Kier molecular flexibility index (Phi) is 3.74. The van der Waals surface area contributed by atoms with Crippen LogP contribution >= 0.6 is 0 Å². The number of hydrogen-bond donors (Lipinski definition) is 1. The standard InChI is InChI=1S/C12H15N5O2/c1-3-17(7-11-15-8(2)16-19-11)12(18)9-4-5-10(13)14-6-9/h4-6H,3,7H2,1-2H3,(H2,13,14). The zero-order valence-electron chi connectivity index (χ0n) is 10.8. The molecule has 7 nitrogen and oxygen atoms in total. The molecule has 0 fully saturated rings. The van der Waals surface area contributed by atoms with Crippen LogP contribution in [0.2, 0.25) is 0 Å². The van der Waals surface area contributed by atoms with E-state index in [1.165, 1.54) is 6.20 Å². The van der Waals surface area contributed by atoms with E-state index in [1.54, 1.807) is 24.0 Å². The van der Waals surface area contributed by atoms with Crippen LogP contribution in [0.3, 0.4) is 0 Å². The summed E-state index contributed by atoms with van der Waals surface area (Å²) in [5.41, 5.74) is 5.97. The average molecular weight is 261 g/mol. The van der Waals surface area contributed by atoms with Crippen LogP contribution in [0.5, 0.6) is 0 Å². The Morgan fingerprint density at radius 2 is 2.26 bits per heavy atom. The second kappa shape index (κ2) is 5.47. The highest BCUT2D eigenvalue weighted by atomic mass is 16.5. The second-order valence-electron chi connectivity index (χ2n) is 4.03. The molecule has 0 radical (unpaired) electrons. The molecular weight excluding hydrogens is 246 g/mol. The smallest absolute Gasteiger partial charge is 0.255 e. The maximum Gasteiger partial charge on any atom is 0.255 e. The topological polar surface area (TPSA) is 98.1 Å². The number of nitrogens with two attached hydrogens (primary N) is 1. The Morgan fingerprint density at radius 1 is 1.47 bits per heavy atom. The number of carbonyl (C=O) groups is 1. The molecule has 2 rings (SSSR count). The molecule has 0 spiro atoms. The number of hydrogen-bond acceptors (Lipinski definition) is 6. The SMILES string of the molecule is CCN(Cc1nc(C)no1)C(=O)c1ccc(N)nc1. The lowest BCUT2D eigenvalue weighted by Crippen LogP contribution is -2.30. The summed E-state index contributed by atoms with van der Waals surface area (Å²) in [4.78, 5) is 21.8. The van der Waals surface area contributed by atoms with Crippen LogP contribution in [0.4, 0.5) is 5.82 Å². The first-order valence-electron chi connectivity index (χ1n) is 5.90. The Balaban J connectivity index is 2.12. The molecule has 0 aliphatic carbocycles. The van der Waals surface area contributed by atoms with Crippen LogP contribution in [0.1, 0.15) is 29.0 Å². The normalized spacial score (nSPS) is 10.4. The third-order valence-electron chi connectivity index (χ3n) is 2.60. The number of aryl methyl sites for hydroxylation is 1. The molecule has 0 saturated heterocycles. The summed E-state index contributed by atoms with van der Waals surface area (Å²) < 4.78 is 5.01. The van der Waals surface area contributed by atoms with E-state index in [-0.39, 0.29) is 12.5 Å². The van der Waals surface area contributed by atoms with E-state index in [0.29, 0.717) is 29.6 Å². The monoisotopic (exact) mass is 261 g/mol. The molecular formula is C12H15N5O2. The number of pyridine rings is 1. The number of anilines is 1. The van der Waals surface area contributed by atoms with Gasteiger partial charge >= 0.3 is 0 Å². The van der Waals surface area contributed by atoms with Crippen molar-refractivity contribution in [1.82, 2.24) is 20.0 Å². The fraction of sp³-hybridized carbons (Fsp3) is 0.333. The molecule has 2 N–H and O–H groups in total. The Labute approximate surface area is 110 Å². The third-order valence-corrected chi connectivity index (χ3v) is 2.60. The van der Waals surface area contributed by atoms with Crippen molar-refractivity contribution in [2.24, 2.45) is 0 Å². The van der Waals surface area contributed by atoms with Gasteiger partial charge in [0.15, 0.2) is 5.82 Å². The van der Waals surface area contributed by atoms with Gasteiger partial charge in [-0.05, 0) is 26.0 Å². The first-order valence-corrected chi connectivity index (χ1v) is 5.90. The molecule has 0 aliphatic rings. The average Bonchev–Trinajstić information content (AvgIpc) is 2.81. The molecule has 0 aliphatic heterocycles. The van der Waals surface area contributed by atoms with E-state index in [9.17, 15) is 4.79 Å². The summed E-state index contributed by atoms with van der Waals surface area (Å²) in [6.07, 6.45) is 1.46. The molecule has 0 bridgehead atoms.